The number of hydrogen-bond donors (Lipinski definition) is 1. The SMILES string of the molecule is CC1CN(CC(O)CN2CCc3ccccc3C2)C(=O)c2ccc(OC3CCN(C)CC3)cc2O1. The first-order valence-electron chi connectivity index (χ1n) is 12.9. The molecule has 2 aromatic carbocycles. The molecule has 2 unspecified atom stereocenters. The third kappa shape index (κ3) is 5.80. The number of benzene rings is 2. The topological polar surface area (TPSA) is 65.5 Å². The van der Waals surface area contributed by atoms with Crippen molar-refractivity contribution < 1.29 is 19.4 Å². The highest BCUT2D eigenvalue weighted by atomic mass is 16.5. The first kappa shape index (κ1) is 24.1. The molecule has 5 rings (SSSR count). The van der Waals surface area contributed by atoms with Gasteiger partial charge in [0.05, 0.1) is 18.2 Å². The van der Waals surface area contributed by atoms with Crippen molar-refractivity contribution >= 4 is 5.91 Å². The van der Waals surface area contributed by atoms with Gasteiger partial charge in [0, 0.05) is 45.3 Å². The number of rotatable bonds is 6. The lowest BCUT2D eigenvalue weighted by Crippen LogP contribution is -2.45. The molecule has 1 amide bonds. The number of aliphatic hydroxyl groups is 1. The Bertz CT molecular complexity index is 1040. The Morgan fingerprint density at radius 3 is 2.66 bits per heavy atom. The van der Waals surface area contributed by atoms with Gasteiger partial charge in [0.15, 0.2) is 0 Å². The molecular weight excluding hydrogens is 442 g/mol. The Morgan fingerprint density at radius 2 is 1.86 bits per heavy atom. The minimum absolute atomic E-state index is 0.0989. The zero-order chi connectivity index (χ0) is 24.4. The van der Waals surface area contributed by atoms with Crippen molar-refractivity contribution in [3.05, 3.63) is 59.2 Å². The van der Waals surface area contributed by atoms with E-state index in [1.807, 2.05) is 19.1 Å². The van der Waals surface area contributed by atoms with Crippen LogP contribution in [0.25, 0.3) is 0 Å². The van der Waals surface area contributed by atoms with Crippen LogP contribution in [0.4, 0.5) is 0 Å². The Labute approximate surface area is 208 Å². The highest BCUT2D eigenvalue weighted by molar-refractivity contribution is 5.97. The lowest BCUT2D eigenvalue weighted by atomic mass is 10.00. The van der Waals surface area contributed by atoms with Gasteiger partial charge in [-0.3, -0.25) is 9.69 Å². The van der Waals surface area contributed by atoms with E-state index in [2.05, 4.69) is 41.1 Å². The first-order chi connectivity index (χ1) is 16.9. The smallest absolute Gasteiger partial charge is 0.257 e. The summed E-state index contributed by atoms with van der Waals surface area (Å²) >= 11 is 0. The van der Waals surface area contributed by atoms with E-state index in [-0.39, 0.29) is 24.7 Å². The number of nitrogens with zero attached hydrogens (tertiary/aromatic N) is 3. The number of fused-ring (bicyclic) bond motifs is 2. The molecule has 3 heterocycles. The summed E-state index contributed by atoms with van der Waals surface area (Å²) in [6.07, 6.45) is 2.39. The number of ether oxygens (including phenoxy) is 2. The molecule has 0 bridgehead atoms. The second-order valence-electron chi connectivity index (χ2n) is 10.3. The van der Waals surface area contributed by atoms with Crippen molar-refractivity contribution in [1.82, 2.24) is 14.7 Å². The molecule has 188 valence electrons. The lowest BCUT2D eigenvalue weighted by molar-refractivity contribution is 0.0454. The quantitative estimate of drug-likeness (QED) is 0.688. The molecule has 0 spiro atoms. The summed E-state index contributed by atoms with van der Waals surface area (Å²) in [6, 6.07) is 14.0. The monoisotopic (exact) mass is 479 g/mol. The van der Waals surface area contributed by atoms with Gasteiger partial charge in [-0.2, -0.15) is 0 Å². The summed E-state index contributed by atoms with van der Waals surface area (Å²) < 4.78 is 12.3. The Kier molecular flexibility index (Phi) is 7.27. The fraction of sp³-hybridized carbons (Fsp3) is 0.536. The van der Waals surface area contributed by atoms with E-state index in [9.17, 15) is 9.90 Å². The van der Waals surface area contributed by atoms with E-state index < -0.39 is 6.10 Å². The van der Waals surface area contributed by atoms with Gasteiger partial charge >= 0.3 is 0 Å². The normalized spacial score (nSPS) is 22.7. The molecule has 1 saturated heterocycles. The minimum atomic E-state index is -0.620. The number of hydrogen-bond acceptors (Lipinski definition) is 6. The standard InChI is InChI=1S/C28H37N3O4/c1-20-16-31(19-23(32)18-30-14-9-21-5-3-4-6-22(21)17-30)28(33)26-8-7-25(15-27(26)34-20)35-24-10-12-29(2)13-11-24/h3-8,15,20,23-24,32H,9-14,16-19H2,1-2H3. The fourth-order valence-corrected chi connectivity index (χ4v) is 5.44. The summed E-state index contributed by atoms with van der Waals surface area (Å²) in [6.45, 7) is 7.06. The number of carbonyl (C=O) groups is 1. The van der Waals surface area contributed by atoms with Gasteiger partial charge in [0.2, 0.25) is 0 Å². The van der Waals surface area contributed by atoms with Crippen molar-refractivity contribution in [2.24, 2.45) is 0 Å². The third-order valence-electron chi connectivity index (χ3n) is 7.35. The Morgan fingerprint density at radius 1 is 1.09 bits per heavy atom. The summed E-state index contributed by atoms with van der Waals surface area (Å²) in [5, 5.41) is 10.9. The third-order valence-corrected chi connectivity index (χ3v) is 7.35. The van der Waals surface area contributed by atoms with Crippen LogP contribution in [0.2, 0.25) is 0 Å². The number of carbonyl (C=O) groups excluding carboxylic acids is 1. The first-order valence-corrected chi connectivity index (χ1v) is 12.9. The van der Waals surface area contributed by atoms with Crippen LogP contribution in [-0.4, -0.2) is 90.3 Å². The van der Waals surface area contributed by atoms with Crippen molar-refractivity contribution in [1.29, 1.82) is 0 Å². The maximum Gasteiger partial charge on any atom is 0.257 e. The molecule has 7 nitrogen and oxygen atoms in total. The average Bonchev–Trinajstić information content (AvgIpc) is 2.95. The zero-order valence-corrected chi connectivity index (χ0v) is 20.9. The molecule has 2 aromatic rings. The lowest BCUT2D eigenvalue weighted by Gasteiger charge is -2.32. The second kappa shape index (κ2) is 10.6. The van der Waals surface area contributed by atoms with Crippen molar-refractivity contribution in [2.75, 3.05) is 46.3 Å². The molecule has 1 N–H and O–H groups in total. The largest absolute Gasteiger partial charge is 0.490 e. The van der Waals surface area contributed by atoms with Crippen LogP contribution in [0.5, 0.6) is 11.5 Å². The van der Waals surface area contributed by atoms with Crippen LogP contribution in [-0.2, 0) is 13.0 Å². The molecule has 0 radical (unpaired) electrons. The highest BCUT2D eigenvalue weighted by Gasteiger charge is 2.30. The molecule has 2 atom stereocenters. The maximum atomic E-state index is 13.4. The van der Waals surface area contributed by atoms with Gasteiger partial charge in [0.25, 0.3) is 5.91 Å². The van der Waals surface area contributed by atoms with Gasteiger partial charge in [-0.05, 0) is 56.5 Å². The zero-order valence-electron chi connectivity index (χ0n) is 20.9. The summed E-state index contributed by atoms with van der Waals surface area (Å²) in [7, 11) is 2.13. The van der Waals surface area contributed by atoms with Gasteiger partial charge in [-0.15, -0.1) is 0 Å². The van der Waals surface area contributed by atoms with E-state index >= 15 is 0 Å². The molecule has 35 heavy (non-hydrogen) atoms. The van der Waals surface area contributed by atoms with E-state index in [0.717, 1.165) is 51.2 Å². The van der Waals surface area contributed by atoms with Crippen molar-refractivity contribution in [2.45, 2.75) is 51.0 Å². The number of aliphatic hydroxyl groups excluding tert-OH is 1. The van der Waals surface area contributed by atoms with Gasteiger partial charge in [-0.25, -0.2) is 0 Å². The van der Waals surface area contributed by atoms with Crippen LogP contribution in [0.3, 0.4) is 0 Å². The molecule has 0 saturated carbocycles. The van der Waals surface area contributed by atoms with E-state index in [4.69, 9.17) is 9.47 Å². The number of piperidine rings is 1. The summed E-state index contributed by atoms with van der Waals surface area (Å²) in [4.78, 5) is 19.7. The molecule has 3 aliphatic heterocycles. The minimum Gasteiger partial charge on any atom is -0.490 e. The van der Waals surface area contributed by atoms with Gasteiger partial charge < -0.3 is 24.4 Å². The van der Waals surface area contributed by atoms with Gasteiger partial charge in [-0.1, -0.05) is 24.3 Å². The predicted octanol–water partition coefficient (Wildman–Crippen LogP) is 2.80. The summed E-state index contributed by atoms with van der Waals surface area (Å²) in [5.41, 5.74) is 3.25. The van der Waals surface area contributed by atoms with Gasteiger partial charge in [0.1, 0.15) is 23.7 Å². The van der Waals surface area contributed by atoms with Crippen molar-refractivity contribution in [3.63, 3.8) is 0 Å². The van der Waals surface area contributed by atoms with E-state index in [1.54, 1.807) is 11.0 Å². The van der Waals surface area contributed by atoms with Crippen LogP contribution in [0.1, 0.15) is 41.3 Å². The second-order valence-corrected chi connectivity index (χ2v) is 10.3. The van der Waals surface area contributed by atoms with Crippen LogP contribution >= 0.6 is 0 Å². The highest BCUT2D eigenvalue weighted by Crippen LogP contribution is 2.31. The molecule has 3 aliphatic rings. The molecule has 0 aliphatic carbocycles. The fourth-order valence-electron chi connectivity index (χ4n) is 5.44. The van der Waals surface area contributed by atoms with Crippen LogP contribution < -0.4 is 9.47 Å². The van der Waals surface area contributed by atoms with Crippen LogP contribution in [0.15, 0.2) is 42.5 Å². The predicted molar refractivity (Wildman–Crippen MR) is 135 cm³/mol. The molecule has 1 fully saturated rings. The average molecular weight is 480 g/mol. The van der Waals surface area contributed by atoms with E-state index in [0.29, 0.717) is 24.4 Å². The van der Waals surface area contributed by atoms with E-state index in [1.165, 1.54) is 11.1 Å². The summed E-state index contributed by atoms with van der Waals surface area (Å²) in [5.74, 6) is 1.22. The number of likely N-dealkylation sites (tertiary alicyclic amines) is 1. The van der Waals surface area contributed by atoms with Crippen LogP contribution in [0, 0.1) is 0 Å². The molecule has 0 aromatic heterocycles. The molecule has 7 heteroatoms. The number of amides is 1. The number of β-amino-alcohol motifs (C(OH)–C–C–N with tert-alkyl or cyclic N) is 1. The maximum absolute atomic E-state index is 13.4. The van der Waals surface area contributed by atoms with Crippen molar-refractivity contribution in [3.8, 4) is 11.5 Å². The Balaban J connectivity index is 1.21. The molecular formula is C28H37N3O4. The Hall–Kier alpha value is -2.61.